The van der Waals surface area contributed by atoms with Crippen molar-refractivity contribution in [2.24, 2.45) is 5.92 Å². The topological polar surface area (TPSA) is 66.8 Å². The zero-order chi connectivity index (χ0) is 14.8. The van der Waals surface area contributed by atoms with Gasteiger partial charge >= 0.3 is 12.1 Å². The second kappa shape index (κ2) is 5.80. The summed E-state index contributed by atoms with van der Waals surface area (Å²) < 4.78 is 5.35. The lowest BCUT2D eigenvalue weighted by molar-refractivity contribution is -0.145. The molecule has 1 aliphatic carbocycles. The number of nitrogens with zero attached hydrogens (tertiary/aromatic N) is 1. The van der Waals surface area contributed by atoms with Crippen LogP contribution in [-0.4, -0.2) is 39.8 Å². The Morgan fingerprint density at radius 3 is 2.21 bits per heavy atom. The van der Waals surface area contributed by atoms with Crippen LogP contribution in [0, 0.1) is 5.92 Å². The highest BCUT2D eigenvalue weighted by atomic mass is 16.6. The maximum Gasteiger partial charge on any atom is 0.411 e. The van der Waals surface area contributed by atoms with E-state index < -0.39 is 23.7 Å². The van der Waals surface area contributed by atoms with Gasteiger partial charge in [0.15, 0.2) is 0 Å². The molecule has 110 valence electrons. The maximum atomic E-state index is 12.2. The summed E-state index contributed by atoms with van der Waals surface area (Å²) in [4.78, 5) is 25.2. The molecule has 0 aromatic rings. The number of carbonyl (C=O) groups excluding carboxylic acids is 1. The average molecular weight is 271 g/mol. The maximum absolute atomic E-state index is 12.2. The molecule has 1 amide bonds. The molecule has 2 atom stereocenters. The minimum absolute atomic E-state index is 0.0185. The van der Waals surface area contributed by atoms with Crippen LogP contribution in [0.2, 0.25) is 0 Å². The van der Waals surface area contributed by atoms with Gasteiger partial charge in [0.2, 0.25) is 0 Å². The summed E-state index contributed by atoms with van der Waals surface area (Å²) in [5.74, 6) is -1.04. The lowest BCUT2D eigenvalue weighted by atomic mass is 9.97. The smallest absolute Gasteiger partial charge is 0.411 e. The first-order valence-corrected chi connectivity index (χ1v) is 6.91. The van der Waals surface area contributed by atoms with Gasteiger partial charge in [0.25, 0.3) is 0 Å². The fourth-order valence-corrected chi connectivity index (χ4v) is 2.02. The highest BCUT2D eigenvalue weighted by Gasteiger charge is 2.44. The van der Waals surface area contributed by atoms with Crippen LogP contribution in [-0.2, 0) is 9.53 Å². The predicted molar refractivity (Wildman–Crippen MR) is 72.0 cm³/mol. The van der Waals surface area contributed by atoms with E-state index in [2.05, 4.69) is 0 Å². The zero-order valence-electron chi connectivity index (χ0n) is 12.5. The van der Waals surface area contributed by atoms with Gasteiger partial charge in [-0.3, -0.25) is 4.90 Å². The lowest BCUT2D eigenvalue weighted by Gasteiger charge is -2.34. The Morgan fingerprint density at radius 1 is 1.37 bits per heavy atom. The number of carboxylic acids is 1. The molecule has 1 N–H and O–H groups in total. The summed E-state index contributed by atoms with van der Waals surface area (Å²) in [6.45, 7) is 9.15. The largest absolute Gasteiger partial charge is 0.480 e. The van der Waals surface area contributed by atoms with Crippen LogP contribution in [0.3, 0.4) is 0 Å². The molecule has 1 saturated carbocycles. The predicted octanol–water partition coefficient (Wildman–Crippen LogP) is 2.89. The van der Waals surface area contributed by atoms with E-state index in [-0.39, 0.29) is 12.0 Å². The van der Waals surface area contributed by atoms with Crippen LogP contribution < -0.4 is 0 Å². The summed E-state index contributed by atoms with van der Waals surface area (Å²) >= 11 is 0. The van der Waals surface area contributed by atoms with Crippen LogP contribution in [0.5, 0.6) is 0 Å². The highest BCUT2D eigenvalue weighted by molar-refractivity contribution is 5.81. The fourth-order valence-electron chi connectivity index (χ4n) is 2.02. The van der Waals surface area contributed by atoms with E-state index in [1.807, 2.05) is 13.8 Å². The molecule has 0 aliphatic heterocycles. The van der Waals surface area contributed by atoms with Crippen LogP contribution in [0.4, 0.5) is 4.79 Å². The first-order chi connectivity index (χ1) is 8.67. The van der Waals surface area contributed by atoms with Gasteiger partial charge in [-0.15, -0.1) is 0 Å². The SMILES string of the molecule is CCC(C)C(C(=O)O)N(C(=O)OC(C)(C)C)C1CC1. The van der Waals surface area contributed by atoms with Crippen molar-refractivity contribution in [3.8, 4) is 0 Å². The number of carbonyl (C=O) groups is 2. The molecule has 0 aromatic heterocycles. The minimum Gasteiger partial charge on any atom is -0.480 e. The molecule has 0 bridgehead atoms. The van der Waals surface area contributed by atoms with Gasteiger partial charge in [0, 0.05) is 6.04 Å². The molecule has 5 nitrogen and oxygen atoms in total. The number of ether oxygens (including phenoxy) is 1. The second-order valence-corrected chi connectivity index (χ2v) is 6.29. The number of amides is 1. The third-order valence-corrected chi connectivity index (χ3v) is 3.28. The standard InChI is InChI=1S/C14H25NO4/c1-6-9(2)11(12(16)17)15(10-7-8-10)13(18)19-14(3,4)5/h9-11H,6-8H2,1-5H3,(H,16,17). The van der Waals surface area contributed by atoms with Crippen molar-refractivity contribution in [2.45, 2.75) is 71.6 Å². The monoisotopic (exact) mass is 271 g/mol. The molecule has 0 spiro atoms. The van der Waals surface area contributed by atoms with Crippen molar-refractivity contribution < 1.29 is 19.4 Å². The number of hydrogen-bond donors (Lipinski definition) is 1. The normalized spacial score (nSPS) is 18.6. The summed E-state index contributed by atoms with van der Waals surface area (Å²) in [6.07, 6.45) is 1.92. The number of hydrogen-bond acceptors (Lipinski definition) is 3. The molecule has 0 saturated heterocycles. The fraction of sp³-hybridized carbons (Fsp3) is 0.857. The van der Waals surface area contributed by atoms with Crippen LogP contribution in [0.1, 0.15) is 53.9 Å². The Bertz CT molecular complexity index is 344. The second-order valence-electron chi connectivity index (χ2n) is 6.29. The van der Waals surface area contributed by atoms with Crippen molar-refractivity contribution >= 4 is 12.1 Å². The van der Waals surface area contributed by atoms with Crippen molar-refractivity contribution in [3.63, 3.8) is 0 Å². The molecular weight excluding hydrogens is 246 g/mol. The van der Waals surface area contributed by atoms with Crippen molar-refractivity contribution in [2.75, 3.05) is 0 Å². The Hall–Kier alpha value is -1.26. The van der Waals surface area contributed by atoms with Gasteiger partial charge in [-0.05, 0) is 39.5 Å². The molecule has 0 heterocycles. The van der Waals surface area contributed by atoms with Gasteiger partial charge in [0.1, 0.15) is 11.6 Å². The van der Waals surface area contributed by atoms with Gasteiger partial charge in [-0.2, -0.15) is 0 Å². The van der Waals surface area contributed by atoms with Gasteiger partial charge in [-0.25, -0.2) is 9.59 Å². The molecule has 0 aromatic carbocycles. The number of aliphatic carboxylic acids is 1. The van der Waals surface area contributed by atoms with E-state index in [4.69, 9.17) is 4.74 Å². The van der Waals surface area contributed by atoms with Crippen LogP contribution >= 0.6 is 0 Å². The van der Waals surface area contributed by atoms with Crippen LogP contribution in [0.15, 0.2) is 0 Å². The number of rotatable bonds is 5. The molecule has 0 radical (unpaired) electrons. The molecular formula is C14H25NO4. The Morgan fingerprint density at radius 2 is 1.89 bits per heavy atom. The van der Waals surface area contributed by atoms with Crippen molar-refractivity contribution in [3.05, 3.63) is 0 Å². The quantitative estimate of drug-likeness (QED) is 0.835. The third kappa shape index (κ3) is 4.40. The highest BCUT2D eigenvalue weighted by Crippen LogP contribution is 2.33. The summed E-state index contributed by atoms with van der Waals surface area (Å²) in [5, 5.41) is 9.42. The molecule has 5 heteroatoms. The van der Waals surface area contributed by atoms with E-state index in [0.29, 0.717) is 6.42 Å². The molecule has 1 aliphatic rings. The Kier molecular flexibility index (Phi) is 4.82. The van der Waals surface area contributed by atoms with Crippen LogP contribution in [0.25, 0.3) is 0 Å². The van der Waals surface area contributed by atoms with E-state index in [9.17, 15) is 14.7 Å². The average Bonchev–Trinajstić information content (AvgIpc) is 3.05. The van der Waals surface area contributed by atoms with Crippen molar-refractivity contribution in [1.29, 1.82) is 0 Å². The lowest BCUT2D eigenvalue weighted by Crippen LogP contribution is -2.51. The molecule has 1 rings (SSSR count). The van der Waals surface area contributed by atoms with Gasteiger partial charge < -0.3 is 9.84 Å². The van der Waals surface area contributed by atoms with E-state index in [0.717, 1.165) is 12.8 Å². The number of carboxylic acid groups (broad SMARTS) is 1. The minimum atomic E-state index is -0.952. The van der Waals surface area contributed by atoms with E-state index >= 15 is 0 Å². The zero-order valence-corrected chi connectivity index (χ0v) is 12.5. The third-order valence-electron chi connectivity index (χ3n) is 3.28. The molecule has 1 fully saturated rings. The summed E-state index contributed by atoms with van der Waals surface area (Å²) in [6, 6.07) is -0.780. The first-order valence-electron chi connectivity index (χ1n) is 6.91. The molecule has 2 unspecified atom stereocenters. The van der Waals surface area contributed by atoms with Crippen molar-refractivity contribution in [1.82, 2.24) is 4.90 Å². The van der Waals surface area contributed by atoms with Gasteiger partial charge in [-0.1, -0.05) is 20.3 Å². The Balaban J connectivity index is 2.91. The molecule has 19 heavy (non-hydrogen) atoms. The van der Waals surface area contributed by atoms with E-state index in [1.165, 1.54) is 4.90 Å². The summed E-state index contributed by atoms with van der Waals surface area (Å²) in [7, 11) is 0. The van der Waals surface area contributed by atoms with E-state index in [1.54, 1.807) is 20.8 Å². The first kappa shape index (κ1) is 15.8. The van der Waals surface area contributed by atoms with Gasteiger partial charge in [0.05, 0.1) is 0 Å². The summed E-state index contributed by atoms with van der Waals surface area (Å²) in [5.41, 5.74) is -0.608. The Labute approximate surface area is 114 Å².